The number of pyridine rings is 1. The summed E-state index contributed by atoms with van der Waals surface area (Å²) in [6, 6.07) is 13.9. The predicted octanol–water partition coefficient (Wildman–Crippen LogP) is 2.94. The summed E-state index contributed by atoms with van der Waals surface area (Å²) in [6.45, 7) is 2.06. The maximum atomic E-state index is 5.79. The van der Waals surface area contributed by atoms with Crippen LogP contribution in [0.3, 0.4) is 0 Å². The molecule has 2 heterocycles. The minimum atomic E-state index is -0.153. The van der Waals surface area contributed by atoms with Gasteiger partial charge in [0.2, 0.25) is 0 Å². The lowest BCUT2D eigenvalue weighted by atomic mass is 10.0. The first-order chi connectivity index (χ1) is 9.81. The van der Waals surface area contributed by atoms with Crippen LogP contribution in [0, 0.1) is 0 Å². The number of nitrogens with zero attached hydrogens (tertiary/aromatic N) is 1. The molecule has 102 valence electrons. The molecule has 0 radical (unpaired) electrons. The molecular weight excluding hydrogens is 250 g/mol. The molecule has 4 heteroatoms. The standard InChI is InChI=1S/C16H17N3O/c1-2-13-6-8-15(20-13)16(19-17)12-5-7-14-11(10-12)4-3-9-18-14/h3-10,16,19H,2,17H2,1H3. The van der Waals surface area contributed by atoms with Gasteiger partial charge in [-0.05, 0) is 35.9 Å². The number of hydrogen-bond donors (Lipinski definition) is 2. The molecule has 0 aliphatic heterocycles. The quantitative estimate of drug-likeness (QED) is 0.563. The lowest BCUT2D eigenvalue weighted by molar-refractivity contribution is 0.426. The molecule has 3 rings (SSSR count). The Morgan fingerprint density at radius 3 is 2.90 bits per heavy atom. The van der Waals surface area contributed by atoms with Gasteiger partial charge < -0.3 is 4.42 Å². The van der Waals surface area contributed by atoms with Gasteiger partial charge in [-0.3, -0.25) is 10.8 Å². The molecule has 1 unspecified atom stereocenters. The van der Waals surface area contributed by atoms with Crippen molar-refractivity contribution in [2.45, 2.75) is 19.4 Å². The largest absolute Gasteiger partial charge is 0.464 e. The summed E-state index contributed by atoms with van der Waals surface area (Å²) in [4.78, 5) is 4.32. The van der Waals surface area contributed by atoms with Crippen LogP contribution in [0.4, 0.5) is 0 Å². The Morgan fingerprint density at radius 2 is 2.15 bits per heavy atom. The van der Waals surface area contributed by atoms with Crippen molar-refractivity contribution in [1.82, 2.24) is 10.4 Å². The highest BCUT2D eigenvalue weighted by Gasteiger charge is 2.16. The summed E-state index contributed by atoms with van der Waals surface area (Å²) < 4.78 is 5.79. The molecule has 1 aromatic carbocycles. The molecule has 0 saturated heterocycles. The normalized spacial score (nSPS) is 12.7. The summed E-state index contributed by atoms with van der Waals surface area (Å²) in [7, 11) is 0. The lowest BCUT2D eigenvalue weighted by Gasteiger charge is -2.14. The number of aromatic nitrogens is 1. The number of nitrogens with one attached hydrogen (secondary N) is 1. The van der Waals surface area contributed by atoms with E-state index in [0.29, 0.717) is 0 Å². The zero-order valence-electron chi connectivity index (χ0n) is 11.3. The summed E-state index contributed by atoms with van der Waals surface area (Å²) >= 11 is 0. The molecule has 1 atom stereocenters. The number of aryl methyl sites for hydroxylation is 1. The van der Waals surface area contributed by atoms with E-state index in [1.165, 1.54) is 0 Å². The van der Waals surface area contributed by atoms with Crippen molar-refractivity contribution in [2.24, 2.45) is 5.84 Å². The number of benzene rings is 1. The van der Waals surface area contributed by atoms with Gasteiger partial charge in [0.15, 0.2) is 0 Å². The molecule has 0 spiro atoms. The molecule has 0 bridgehead atoms. The van der Waals surface area contributed by atoms with E-state index in [1.807, 2.05) is 36.4 Å². The number of hydrazine groups is 1. The molecule has 3 aromatic rings. The van der Waals surface area contributed by atoms with Crippen molar-refractivity contribution < 1.29 is 4.42 Å². The van der Waals surface area contributed by atoms with Gasteiger partial charge in [-0.25, -0.2) is 5.43 Å². The van der Waals surface area contributed by atoms with E-state index in [4.69, 9.17) is 10.3 Å². The van der Waals surface area contributed by atoms with E-state index in [9.17, 15) is 0 Å². The van der Waals surface area contributed by atoms with E-state index >= 15 is 0 Å². The van der Waals surface area contributed by atoms with Gasteiger partial charge in [-0.1, -0.05) is 19.1 Å². The molecule has 0 aliphatic carbocycles. The monoisotopic (exact) mass is 267 g/mol. The third-order valence-electron chi connectivity index (χ3n) is 3.44. The van der Waals surface area contributed by atoms with Crippen LogP contribution >= 0.6 is 0 Å². The Kier molecular flexibility index (Phi) is 3.50. The lowest BCUT2D eigenvalue weighted by Crippen LogP contribution is -2.28. The van der Waals surface area contributed by atoms with E-state index in [-0.39, 0.29) is 6.04 Å². The highest BCUT2D eigenvalue weighted by atomic mass is 16.3. The van der Waals surface area contributed by atoms with Crippen molar-refractivity contribution in [3.63, 3.8) is 0 Å². The van der Waals surface area contributed by atoms with Crippen LogP contribution in [-0.4, -0.2) is 4.98 Å². The van der Waals surface area contributed by atoms with Gasteiger partial charge in [0.1, 0.15) is 17.6 Å². The van der Waals surface area contributed by atoms with E-state index in [2.05, 4.69) is 23.4 Å². The topological polar surface area (TPSA) is 64.1 Å². The Morgan fingerprint density at radius 1 is 1.25 bits per heavy atom. The van der Waals surface area contributed by atoms with E-state index < -0.39 is 0 Å². The second-order valence-electron chi connectivity index (χ2n) is 4.71. The van der Waals surface area contributed by atoms with Crippen LogP contribution in [0.15, 0.2) is 53.1 Å². The second-order valence-corrected chi connectivity index (χ2v) is 4.71. The first kappa shape index (κ1) is 12.8. The summed E-state index contributed by atoms with van der Waals surface area (Å²) in [5, 5.41) is 1.09. The molecule has 0 amide bonds. The van der Waals surface area contributed by atoms with Crippen molar-refractivity contribution in [1.29, 1.82) is 0 Å². The molecule has 20 heavy (non-hydrogen) atoms. The van der Waals surface area contributed by atoms with Crippen LogP contribution < -0.4 is 11.3 Å². The number of rotatable bonds is 4. The molecule has 4 nitrogen and oxygen atoms in total. The number of nitrogens with two attached hydrogens (primary N) is 1. The van der Waals surface area contributed by atoms with Gasteiger partial charge in [0, 0.05) is 18.0 Å². The van der Waals surface area contributed by atoms with Crippen molar-refractivity contribution >= 4 is 10.9 Å². The maximum Gasteiger partial charge on any atom is 0.126 e. The van der Waals surface area contributed by atoms with E-state index in [1.54, 1.807) is 6.20 Å². The first-order valence-corrected chi connectivity index (χ1v) is 6.71. The van der Waals surface area contributed by atoms with Gasteiger partial charge >= 0.3 is 0 Å². The smallest absolute Gasteiger partial charge is 0.126 e. The average molecular weight is 267 g/mol. The molecular formula is C16H17N3O. The third kappa shape index (κ3) is 2.31. The minimum absolute atomic E-state index is 0.153. The average Bonchev–Trinajstić information content (AvgIpc) is 2.97. The maximum absolute atomic E-state index is 5.79. The predicted molar refractivity (Wildman–Crippen MR) is 79.0 cm³/mol. The number of fused-ring (bicyclic) bond motifs is 1. The molecule has 2 aromatic heterocycles. The highest BCUT2D eigenvalue weighted by Crippen LogP contribution is 2.26. The van der Waals surface area contributed by atoms with Crippen LogP contribution in [0.5, 0.6) is 0 Å². The SMILES string of the molecule is CCc1ccc(C(NN)c2ccc3ncccc3c2)o1. The Hall–Kier alpha value is -2.17. The first-order valence-electron chi connectivity index (χ1n) is 6.71. The van der Waals surface area contributed by atoms with Crippen LogP contribution in [0.1, 0.15) is 30.0 Å². The fraction of sp³-hybridized carbons (Fsp3) is 0.188. The summed E-state index contributed by atoms with van der Waals surface area (Å²) in [6.07, 6.45) is 2.67. The van der Waals surface area contributed by atoms with E-state index in [0.717, 1.165) is 34.4 Å². The fourth-order valence-corrected chi connectivity index (χ4v) is 2.36. The summed E-state index contributed by atoms with van der Waals surface area (Å²) in [5.41, 5.74) is 4.86. The Balaban J connectivity index is 2.02. The molecule has 0 saturated carbocycles. The minimum Gasteiger partial charge on any atom is -0.464 e. The zero-order chi connectivity index (χ0) is 13.9. The zero-order valence-corrected chi connectivity index (χ0v) is 11.3. The third-order valence-corrected chi connectivity index (χ3v) is 3.44. The Labute approximate surface area is 117 Å². The molecule has 0 fully saturated rings. The fourth-order valence-electron chi connectivity index (χ4n) is 2.36. The van der Waals surface area contributed by atoms with Gasteiger partial charge in [-0.15, -0.1) is 0 Å². The van der Waals surface area contributed by atoms with Gasteiger partial charge in [0.25, 0.3) is 0 Å². The highest BCUT2D eigenvalue weighted by molar-refractivity contribution is 5.79. The van der Waals surface area contributed by atoms with Crippen LogP contribution in [0.2, 0.25) is 0 Å². The van der Waals surface area contributed by atoms with Gasteiger partial charge in [-0.2, -0.15) is 0 Å². The van der Waals surface area contributed by atoms with Crippen molar-refractivity contribution in [3.05, 3.63) is 65.7 Å². The van der Waals surface area contributed by atoms with Crippen LogP contribution in [0.25, 0.3) is 10.9 Å². The molecule has 3 N–H and O–H groups in total. The summed E-state index contributed by atoms with van der Waals surface area (Å²) in [5.74, 6) is 7.49. The van der Waals surface area contributed by atoms with Crippen LogP contribution in [-0.2, 0) is 6.42 Å². The second kappa shape index (κ2) is 5.45. The van der Waals surface area contributed by atoms with Gasteiger partial charge in [0.05, 0.1) is 5.52 Å². The number of hydrogen-bond acceptors (Lipinski definition) is 4. The number of furan rings is 1. The molecule has 0 aliphatic rings. The van der Waals surface area contributed by atoms with Crippen molar-refractivity contribution in [2.75, 3.05) is 0 Å². The Bertz CT molecular complexity index is 720. The van der Waals surface area contributed by atoms with Crippen molar-refractivity contribution in [3.8, 4) is 0 Å².